The van der Waals surface area contributed by atoms with E-state index in [-0.39, 0.29) is 0 Å². The molecule has 0 unspecified atom stereocenters. The lowest BCUT2D eigenvalue weighted by molar-refractivity contribution is 0.151. The van der Waals surface area contributed by atoms with Crippen LogP contribution in [0.25, 0.3) is 0 Å². The maximum atomic E-state index is 4.57. The Balaban J connectivity index is 2.52. The van der Waals surface area contributed by atoms with Crippen molar-refractivity contribution in [1.82, 2.24) is 4.90 Å². The summed E-state index contributed by atoms with van der Waals surface area (Å²) in [5.74, 6) is 1.03. The van der Waals surface area contributed by atoms with Gasteiger partial charge in [0.2, 0.25) is 0 Å². The summed E-state index contributed by atoms with van der Waals surface area (Å²) in [5, 5.41) is 0. The first kappa shape index (κ1) is 13.4. The second-order valence-electron chi connectivity index (χ2n) is 5.07. The van der Waals surface area contributed by atoms with Gasteiger partial charge in [-0.3, -0.25) is 4.90 Å². The molecule has 0 saturated heterocycles. The van der Waals surface area contributed by atoms with Crippen molar-refractivity contribution in [1.29, 1.82) is 0 Å². The fourth-order valence-electron chi connectivity index (χ4n) is 2.30. The molecule has 0 aliphatic heterocycles. The van der Waals surface area contributed by atoms with Crippen LogP contribution in [0.4, 0.5) is 0 Å². The van der Waals surface area contributed by atoms with Crippen LogP contribution in [0.5, 0.6) is 0 Å². The van der Waals surface area contributed by atoms with Gasteiger partial charge < -0.3 is 0 Å². The Kier molecular flexibility index (Phi) is 5.48. The molecule has 0 atom stereocenters. The zero-order chi connectivity index (χ0) is 11.3. The molecule has 0 heterocycles. The lowest BCUT2D eigenvalue weighted by Crippen LogP contribution is -2.40. The van der Waals surface area contributed by atoms with Gasteiger partial charge in [0.05, 0.1) is 0 Å². The number of nitrogens with zero attached hydrogens (tertiary/aromatic N) is 1. The van der Waals surface area contributed by atoms with E-state index in [1.807, 2.05) is 0 Å². The van der Waals surface area contributed by atoms with Crippen molar-refractivity contribution in [2.45, 2.75) is 58.9 Å². The summed E-state index contributed by atoms with van der Waals surface area (Å²) in [4.78, 5) is 2.71. The molecular formula is C13H27NS. The first-order chi connectivity index (χ1) is 7.21. The summed E-state index contributed by atoms with van der Waals surface area (Å²) in [6.45, 7) is 9.46. The maximum Gasteiger partial charge on any atom is 0.00966 e. The zero-order valence-electron chi connectivity index (χ0n) is 10.6. The van der Waals surface area contributed by atoms with E-state index in [0.29, 0.717) is 5.41 Å². The first-order valence-corrected chi connectivity index (χ1v) is 7.19. The van der Waals surface area contributed by atoms with Crippen LogP contribution in [-0.4, -0.2) is 29.8 Å². The maximum absolute atomic E-state index is 4.57. The molecule has 1 rings (SSSR count). The van der Waals surface area contributed by atoms with Crippen LogP contribution in [0.1, 0.15) is 52.9 Å². The molecule has 1 nitrogen and oxygen atoms in total. The molecule has 0 aromatic rings. The molecule has 0 N–H and O–H groups in total. The van der Waals surface area contributed by atoms with Gasteiger partial charge in [0.1, 0.15) is 0 Å². The Morgan fingerprint density at radius 3 is 2.13 bits per heavy atom. The molecule has 0 bridgehead atoms. The van der Waals surface area contributed by atoms with Gasteiger partial charge in [-0.2, -0.15) is 12.6 Å². The molecule has 1 saturated carbocycles. The van der Waals surface area contributed by atoms with E-state index >= 15 is 0 Å². The lowest BCUT2D eigenvalue weighted by atomic mass is 9.83. The second kappa shape index (κ2) is 6.15. The summed E-state index contributed by atoms with van der Waals surface area (Å²) in [6, 6.07) is 0.905. The SMILES string of the molecule is CCCN(CC(CC)(CC)CS)C1CC1. The average molecular weight is 229 g/mol. The van der Waals surface area contributed by atoms with Crippen molar-refractivity contribution in [3.63, 3.8) is 0 Å². The monoisotopic (exact) mass is 229 g/mol. The molecule has 1 aliphatic rings. The van der Waals surface area contributed by atoms with E-state index in [1.54, 1.807) is 0 Å². The molecule has 0 spiro atoms. The molecule has 0 aromatic carbocycles. The number of rotatable bonds is 8. The van der Waals surface area contributed by atoms with Crippen molar-refractivity contribution < 1.29 is 0 Å². The third-order valence-corrected chi connectivity index (χ3v) is 4.62. The van der Waals surface area contributed by atoms with E-state index in [4.69, 9.17) is 0 Å². The van der Waals surface area contributed by atoms with Crippen LogP contribution in [0, 0.1) is 5.41 Å². The Bertz CT molecular complexity index is 165. The lowest BCUT2D eigenvalue weighted by Gasteiger charge is -2.36. The van der Waals surface area contributed by atoms with E-state index in [2.05, 4.69) is 38.3 Å². The standard InChI is InChI=1S/C13H27NS/c1-4-9-14(12-7-8-12)10-13(5-2,6-3)11-15/h12,15H,4-11H2,1-3H3. The summed E-state index contributed by atoms with van der Waals surface area (Å²) >= 11 is 4.57. The minimum atomic E-state index is 0.459. The predicted octanol–water partition coefficient (Wildman–Crippen LogP) is 3.60. The quantitative estimate of drug-likeness (QED) is 0.623. The molecule has 0 aromatic heterocycles. The van der Waals surface area contributed by atoms with E-state index in [1.165, 1.54) is 45.2 Å². The molecule has 90 valence electrons. The Labute approximate surface area is 101 Å². The molecule has 2 heteroatoms. The average Bonchev–Trinajstić information content (AvgIpc) is 3.09. The van der Waals surface area contributed by atoms with Gasteiger partial charge in [-0.1, -0.05) is 20.8 Å². The van der Waals surface area contributed by atoms with Gasteiger partial charge in [-0.25, -0.2) is 0 Å². The molecular weight excluding hydrogens is 202 g/mol. The van der Waals surface area contributed by atoms with Gasteiger partial charge in [0.15, 0.2) is 0 Å². The topological polar surface area (TPSA) is 3.24 Å². The van der Waals surface area contributed by atoms with Gasteiger partial charge in [0.25, 0.3) is 0 Å². The van der Waals surface area contributed by atoms with Crippen molar-refractivity contribution in [2.24, 2.45) is 5.41 Å². The fraction of sp³-hybridized carbons (Fsp3) is 1.00. The molecule has 0 amide bonds. The Hall–Kier alpha value is 0.310. The predicted molar refractivity (Wildman–Crippen MR) is 71.8 cm³/mol. The molecule has 1 fully saturated rings. The second-order valence-corrected chi connectivity index (χ2v) is 5.38. The zero-order valence-corrected chi connectivity index (χ0v) is 11.5. The van der Waals surface area contributed by atoms with Gasteiger partial charge in [-0.05, 0) is 49.8 Å². The number of hydrogen-bond acceptors (Lipinski definition) is 2. The van der Waals surface area contributed by atoms with Crippen LogP contribution in [0.2, 0.25) is 0 Å². The van der Waals surface area contributed by atoms with E-state index in [0.717, 1.165) is 11.8 Å². The Morgan fingerprint density at radius 1 is 1.20 bits per heavy atom. The van der Waals surface area contributed by atoms with Gasteiger partial charge in [0, 0.05) is 12.6 Å². The fourth-order valence-corrected chi connectivity index (χ4v) is 2.84. The highest BCUT2D eigenvalue weighted by atomic mass is 32.1. The minimum absolute atomic E-state index is 0.459. The highest BCUT2D eigenvalue weighted by molar-refractivity contribution is 7.80. The minimum Gasteiger partial charge on any atom is -0.300 e. The van der Waals surface area contributed by atoms with Crippen LogP contribution >= 0.6 is 12.6 Å². The smallest absolute Gasteiger partial charge is 0.00966 e. The largest absolute Gasteiger partial charge is 0.300 e. The Morgan fingerprint density at radius 2 is 1.80 bits per heavy atom. The van der Waals surface area contributed by atoms with Crippen molar-refractivity contribution in [2.75, 3.05) is 18.8 Å². The number of thiol groups is 1. The van der Waals surface area contributed by atoms with Gasteiger partial charge >= 0.3 is 0 Å². The summed E-state index contributed by atoms with van der Waals surface area (Å²) in [7, 11) is 0. The normalized spacial score (nSPS) is 17.4. The van der Waals surface area contributed by atoms with Crippen molar-refractivity contribution >= 4 is 12.6 Å². The van der Waals surface area contributed by atoms with E-state index in [9.17, 15) is 0 Å². The first-order valence-electron chi connectivity index (χ1n) is 6.56. The third kappa shape index (κ3) is 3.67. The van der Waals surface area contributed by atoms with Crippen LogP contribution in [-0.2, 0) is 0 Å². The molecule has 0 radical (unpaired) electrons. The summed E-state index contributed by atoms with van der Waals surface area (Å²) in [5.41, 5.74) is 0.459. The third-order valence-electron chi connectivity index (χ3n) is 3.95. The van der Waals surface area contributed by atoms with Crippen molar-refractivity contribution in [3.8, 4) is 0 Å². The highest BCUT2D eigenvalue weighted by Gasteiger charge is 2.34. The van der Waals surface area contributed by atoms with Crippen LogP contribution in [0.3, 0.4) is 0 Å². The van der Waals surface area contributed by atoms with Gasteiger partial charge in [-0.15, -0.1) is 0 Å². The number of hydrogen-bond donors (Lipinski definition) is 1. The van der Waals surface area contributed by atoms with Crippen LogP contribution < -0.4 is 0 Å². The van der Waals surface area contributed by atoms with Crippen molar-refractivity contribution in [3.05, 3.63) is 0 Å². The molecule has 1 aliphatic carbocycles. The summed E-state index contributed by atoms with van der Waals surface area (Å²) in [6.07, 6.45) is 6.67. The molecule has 15 heavy (non-hydrogen) atoms. The van der Waals surface area contributed by atoms with E-state index < -0.39 is 0 Å². The van der Waals surface area contributed by atoms with Crippen LogP contribution in [0.15, 0.2) is 0 Å². The summed E-state index contributed by atoms with van der Waals surface area (Å²) < 4.78 is 0. The highest BCUT2D eigenvalue weighted by Crippen LogP contribution is 2.34.